The largest absolute Gasteiger partial charge is 0.480 e. The fourth-order valence-electron chi connectivity index (χ4n) is 2.56. The second kappa shape index (κ2) is 7.07. The Hall–Kier alpha value is -2.36. The summed E-state index contributed by atoms with van der Waals surface area (Å²) in [7, 11) is 0. The van der Waals surface area contributed by atoms with Crippen molar-refractivity contribution >= 4 is 22.6 Å². The molecule has 0 fully saturated rings. The number of amides is 1. The second-order valence-electron chi connectivity index (χ2n) is 5.90. The lowest BCUT2D eigenvalue weighted by molar-refractivity contribution is -0.142. The van der Waals surface area contributed by atoms with Crippen LogP contribution in [0.15, 0.2) is 42.5 Å². The van der Waals surface area contributed by atoms with Crippen molar-refractivity contribution in [2.75, 3.05) is 0 Å². The first-order valence-corrected chi connectivity index (χ1v) is 7.46. The second-order valence-corrected chi connectivity index (χ2v) is 5.90. The van der Waals surface area contributed by atoms with Crippen molar-refractivity contribution in [1.82, 2.24) is 5.32 Å². The molecule has 0 saturated heterocycles. The molecule has 0 aliphatic rings. The summed E-state index contributed by atoms with van der Waals surface area (Å²) in [5.41, 5.74) is 0.907. The van der Waals surface area contributed by atoms with Gasteiger partial charge in [0, 0.05) is 0 Å². The number of hydrogen-bond acceptors (Lipinski definition) is 2. The molecule has 0 heterocycles. The zero-order valence-electron chi connectivity index (χ0n) is 12.9. The molecule has 4 nitrogen and oxygen atoms in total. The van der Waals surface area contributed by atoms with Crippen molar-refractivity contribution in [1.29, 1.82) is 0 Å². The molecule has 0 unspecified atom stereocenters. The van der Waals surface area contributed by atoms with Gasteiger partial charge in [0.05, 0.1) is 6.42 Å². The van der Waals surface area contributed by atoms with Gasteiger partial charge in [0.2, 0.25) is 5.91 Å². The van der Waals surface area contributed by atoms with Gasteiger partial charge in [-0.2, -0.15) is 0 Å². The number of carbonyl (C=O) groups is 2. The predicted molar refractivity (Wildman–Crippen MR) is 86.7 cm³/mol. The molecule has 2 rings (SSSR count). The SMILES string of the molecule is CC(C)C[C@@H](NC(=O)Cc1cccc2ccccc12)C(=O)O. The van der Waals surface area contributed by atoms with E-state index in [1.54, 1.807) is 0 Å². The predicted octanol–water partition coefficient (Wildman–Crippen LogP) is 3.00. The van der Waals surface area contributed by atoms with Crippen molar-refractivity contribution in [2.24, 2.45) is 5.92 Å². The fraction of sp³-hybridized carbons (Fsp3) is 0.333. The third-order valence-corrected chi connectivity index (χ3v) is 3.57. The Morgan fingerprint density at radius 2 is 1.77 bits per heavy atom. The van der Waals surface area contributed by atoms with Crippen LogP contribution >= 0.6 is 0 Å². The third kappa shape index (κ3) is 4.07. The third-order valence-electron chi connectivity index (χ3n) is 3.57. The van der Waals surface area contributed by atoms with Crippen LogP contribution in [0.4, 0.5) is 0 Å². The number of nitrogens with one attached hydrogen (secondary N) is 1. The lowest BCUT2D eigenvalue weighted by atomic mass is 10.0. The Balaban J connectivity index is 2.12. The average molecular weight is 299 g/mol. The number of carboxylic acids is 1. The Kier molecular flexibility index (Phi) is 5.15. The van der Waals surface area contributed by atoms with Crippen LogP contribution in [0, 0.1) is 5.92 Å². The zero-order valence-corrected chi connectivity index (χ0v) is 12.9. The molecule has 0 spiro atoms. The Labute approximate surface area is 130 Å². The summed E-state index contributed by atoms with van der Waals surface area (Å²) in [5.74, 6) is -1.04. The van der Waals surface area contributed by atoms with Crippen LogP contribution in [-0.4, -0.2) is 23.0 Å². The minimum Gasteiger partial charge on any atom is -0.480 e. The van der Waals surface area contributed by atoms with Gasteiger partial charge in [0.1, 0.15) is 6.04 Å². The maximum atomic E-state index is 12.2. The highest BCUT2D eigenvalue weighted by molar-refractivity contribution is 5.91. The van der Waals surface area contributed by atoms with Gasteiger partial charge >= 0.3 is 5.97 Å². The summed E-state index contributed by atoms with van der Waals surface area (Å²) in [6, 6.07) is 12.8. The lowest BCUT2D eigenvalue weighted by Crippen LogP contribution is -2.42. The number of carboxylic acid groups (broad SMARTS) is 1. The molecule has 1 amide bonds. The van der Waals surface area contributed by atoms with Gasteiger partial charge in [0.15, 0.2) is 0 Å². The molecule has 22 heavy (non-hydrogen) atoms. The quantitative estimate of drug-likeness (QED) is 0.861. The molecule has 0 radical (unpaired) electrons. The fourth-order valence-corrected chi connectivity index (χ4v) is 2.56. The van der Waals surface area contributed by atoms with Crippen LogP contribution in [0.1, 0.15) is 25.8 Å². The van der Waals surface area contributed by atoms with Crippen molar-refractivity contribution in [3.05, 3.63) is 48.0 Å². The van der Waals surface area contributed by atoms with E-state index in [1.165, 1.54) is 0 Å². The van der Waals surface area contributed by atoms with Gasteiger partial charge in [-0.25, -0.2) is 4.79 Å². The van der Waals surface area contributed by atoms with Crippen LogP contribution < -0.4 is 5.32 Å². The Morgan fingerprint density at radius 3 is 2.45 bits per heavy atom. The van der Waals surface area contributed by atoms with E-state index < -0.39 is 12.0 Å². The highest BCUT2D eigenvalue weighted by Gasteiger charge is 2.21. The molecule has 0 bridgehead atoms. The molecular formula is C18H21NO3. The Bertz CT molecular complexity index is 674. The van der Waals surface area contributed by atoms with E-state index in [1.807, 2.05) is 56.3 Å². The molecule has 0 aliphatic heterocycles. The molecule has 0 aliphatic carbocycles. The highest BCUT2D eigenvalue weighted by atomic mass is 16.4. The van der Waals surface area contributed by atoms with Crippen LogP contribution in [0.2, 0.25) is 0 Å². The first-order valence-electron chi connectivity index (χ1n) is 7.46. The van der Waals surface area contributed by atoms with Crippen LogP contribution in [0.25, 0.3) is 10.8 Å². The van der Waals surface area contributed by atoms with Gasteiger partial charge in [-0.1, -0.05) is 56.3 Å². The summed E-state index contributed by atoms with van der Waals surface area (Å²) in [6.45, 7) is 3.87. The maximum absolute atomic E-state index is 12.2. The molecule has 2 N–H and O–H groups in total. The van der Waals surface area contributed by atoms with Gasteiger partial charge < -0.3 is 10.4 Å². The van der Waals surface area contributed by atoms with Gasteiger partial charge in [-0.3, -0.25) is 4.79 Å². The number of rotatable bonds is 6. The molecule has 0 aromatic heterocycles. The maximum Gasteiger partial charge on any atom is 0.326 e. The number of hydrogen-bond donors (Lipinski definition) is 2. The van der Waals surface area contributed by atoms with E-state index in [-0.39, 0.29) is 18.2 Å². The molecular weight excluding hydrogens is 278 g/mol. The van der Waals surface area contributed by atoms with Crippen molar-refractivity contribution in [3.63, 3.8) is 0 Å². The summed E-state index contributed by atoms with van der Waals surface area (Å²) in [5, 5.41) is 13.9. The van der Waals surface area contributed by atoms with Gasteiger partial charge in [-0.05, 0) is 28.7 Å². The number of benzene rings is 2. The van der Waals surface area contributed by atoms with E-state index >= 15 is 0 Å². The zero-order chi connectivity index (χ0) is 16.1. The molecule has 116 valence electrons. The minimum atomic E-state index is -0.986. The van der Waals surface area contributed by atoms with Crippen LogP contribution in [-0.2, 0) is 16.0 Å². The Morgan fingerprint density at radius 1 is 1.09 bits per heavy atom. The van der Waals surface area contributed by atoms with E-state index in [0.29, 0.717) is 6.42 Å². The molecule has 2 aromatic rings. The summed E-state index contributed by atoms with van der Waals surface area (Å²) in [4.78, 5) is 23.4. The first-order chi connectivity index (χ1) is 10.5. The highest BCUT2D eigenvalue weighted by Crippen LogP contribution is 2.19. The van der Waals surface area contributed by atoms with Crippen molar-refractivity contribution in [2.45, 2.75) is 32.7 Å². The number of carbonyl (C=O) groups excluding carboxylic acids is 1. The molecule has 2 aromatic carbocycles. The number of fused-ring (bicyclic) bond motifs is 1. The van der Waals surface area contributed by atoms with Gasteiger partial charge in [0.25, 0.3) is 0 Å². The summed E-state index contributed by atoms with van der Waals surface area (Å²) >= 11 is 0. The topological polar surface area (TPSA) is 66.4 Å². The van der Waals surface area contributed by atoms with E-state index in [2.05, 4.69) is 5.32 Å². The van der Waals surface area contributed by atoms with E-state index in [0.717, 1.165) is 16.3 Å². The average Bonchev–Trinajstić information content (AvgIpc) is 2.46. The normalized spacial score (nSPS) is 12.3. The standard InChI is InChI=1S/C18H21NO3/c1-12(2)10-16(18(21)22)19-17(20)11-14-8-5-7-13-6-3-4-9-15(13)14/h3-9,12,16H,10-11H2,1-2H3,(H,19,20)(H,21,22)/t16-/m1/s1. The molecule has 4 heteroatoms. The first kappa shape index (κ1) is 16.0. The smallest absolute Gasteiger partial charge is 0.326 e. The van der Waals surface area contributed by atoms with E-state index in [4.69, 9.17) is 0 Å². The van der Waals surface area contributed by atoms with Crippen LogP contribution in [0.3, 0.4) is 0 Å². The summed E-state index contributed by atoms with van der Waals surface area (Å²) in [6.07, 6.45) is 0.611. The van der Waals surface area contributed by atoms with Gasteiger partial charge in [-0.15, -0.1) is 0 Å². The lowest BCUT2D eigenvalue weighted by Gasteiger charge is -2.16. The minimum absolute atomic E-state index is 0.184. The molecule has 0 saturated carbocycles. The monoisotopic (exact) mass is 299 g/mol. The van der Waals surface area contributed by atoms with Crippen molar-refractivity contribution < 1.29 is 14.7 Å². The summed E-state index contributed by atoms with van der Waals surface area (Å²) < 4.78 is 0. The molecule has 1 atom stereocenters. The number of aliphatic carboxylic acids is 1. The van der Waals surface area contributed by atoms with E-state index in [9.17, 15) is 14.7 Å². The van der Waals surface area contributed by atoms with Crippen LogP contribution in [0.5, 0.6) is 0 Å². The van der Waals surface area contributed by atoms with Crippen molar-refractivity contribution in [3.8, 4) is 0 Å².